The maximum Gasteiger partial charge on any atom is 0.249 e. The third-order valence-corrected chi connectivity index (χ3v) is 7.91. The summed E-state index contributed by atoms with van der Waals surface area (Å²) in [4.78, 5) is 0. The lowest BCUT2D eigenvalue weighted by atomic mass is 10.2. The summed E-state index contributed by atoms with van der Waals surface area (Å²) in [7, 11) is 0.0569. The summed E-state index contributed by atoms with van der Waals surface area (Å²) in [5.74, 6) is 1.02. The van der Waals surface area contributed by atoms with E-state index in [1.807, 2.05) is 18.4 Å². The maximum atomic E-state index is 5.95. The molecule has 0 unspecified atom stereocenters. The van der Waals surface area contributed by atoms with Gasteiger partial charge in [-0.2, -0.15) is 0 Å². The molecular formula is C15H30O2Si. The summed E-state index contributed by atoms with van der Waals surface area (Å²) < 4.78 is 11.3. The highest BCUT2D eigenvalue weighted by Gasteiger charge is 2.37. The van der Waals surface area contributed by atoms with Gasteiger partial charge in [-0.25, -0.2) is 0 Å². The molecular weight excluding hydrogens is 240 g/mol. The van der Waals surface area contributed by atoms with Gasteiger partial charge in [0.05, 0.1) is 19.1 Å². The first kappa shape index (κ1) is 17.3. The number of rotatable bonds is 7. The third-order valence-electron chi connectivity index (χ3n) is 3.57. The number of allylic oxidation sites excluding steroid dienone is 3. The number of hydrogen-bond acceptors (Lipinski definition) is 2. The van der Waals surface area contributed by atoms with Crippen molar-refractivity contribution in [2.24, 2.45) is 0 Å². The van der Waals surface area contributed by atoms with Gasteiger partial charge in [0.15, 0.2) is 0 Å². The fourth-order valence-corrected chi connectivity index (χ4v) is 1.91. The predicted molar refractivity (Wildman–Crippen MR) is 82.0 cm³/mol. The molecule has 0 bridgehead atoms. The number of ether oxygens (including phenoxy) is 1. The SMILES string of the molecule is CCCC/C(=C/C=C\O[Si](C)(C)C(C)(C)C)OC. The van der Waals surface area contributed by atoms with Crippen LogP contribution in [0.2, 0.25) is 18.1 Å². The van der Waals surface area contributed by atoms with Gasteiger partial charge in [0.2, 0.25) is 8.32 Å². The third kappa shape index (κ3) is 6.29. The Balaban J connectivity index is 4.36. The smallest absolute Gasteiger partial charge is 0.249 e. The molecule has 0 N–H and O–H groups in total. The number of hydrogen-bond donors (Lipinski definition) is 0. The molecule has 0 aromatic heterocycles. The highest BCUT2D eigenvalue weighted by Crippen LogP contribution is 2.36. The molecule has 0 radical (unpaired) electrons. The van der Waals surface area contributed by atoms with Gasteiger partial charge in [-0.05, 0) is 36.7 Å². The zero-order chi connectivity index (χ0) is 14.2. The Bertz CT molecular complexity index is 285. The van der Waals surface area contributed by atoms with Gasteiger partial charge in [-0.3, -0.25) is 0 Å². The Labute approximate surface area is 114 Å². The van der Waals surface area contributed by atoms with Crippen LogP contribution in [0.5, 0.6) is 0 Å². The lowest BCUT2D eigenvalue weighted by Crippen LogP contribution is -2.39. The van der Waals surface area contributed by atoms with Crippen molar-refractivity contribution in [2.45, 2.75) is 65.1 Å². The fraction of sp³-hybridized carbons (Fsp3) is 0.733. The molecule has 0 amide bonds. The molecule has 0 saturated carbocycles. The van der Waals surface area contributed by atoms with E-state index in [0.29, 0.717) is 0 Å². The Morgan fingerprint density at radius 3 is 2.28 bits per heavy atom. The second-order valence-corrected chi connectivity index (χ2v) is 10.9. The molecule has 0 rings (SSSR count). The van der Waals surface area contributed by atoms with E-state index in [1.165, 1.54) is 6.42 Å². The second kappa shape index (κ2) is 7.67. The first-order chi connectivity index (χ1) is 8.24. The average Bonchev–Trinajstić information content (AvgIpc) is 2.26. The molecule has 0 aliphatic rings. The van der Waals surface area contributed by atoms with E-state index in [-0.39, 0.29) is 5.04 Å². The molecule has 106 valence electrons. The van der Waals surface area contributed by atoms with Crippen LogP contribution in [0.1, 0.15) is 47.0 Å². The van der Waals surface area contributed by atoms with Gasteiger partial charge >= 0.3 is 0 Å². The fourth-order valence-electron chi connectivity index (χ4n) is 1.14. The van der Waals surface area contributed by atoms with Gasteiger partial charge in [-0.1, -0.05) is 34.1 Å². The van der Waals surface area contributed by atoms with E-state index in [2.05, 4.69) is 40.8 Å². The van der Waals surface area contributed by atoms with Crippen molar-refractivity contribution >= 4 is 8.32 Å². The summed E-state index contributed by atoms with van der Waals surface area (Å²) in [5.41, 5.74) is 0. The summed E-state index contributed by atoms with van der Waals surface area (Å²) in [5, 5.41) is 0.243. The van der Waals surface area contributed by atoms with Crippen molar-refractivity contribution in [3.63, 3.8) is 0 Å². The molecule has 18 heavy (non-hydrogen) atoms. The van der Waals surface area contributed by atoms with Crippen LogP contribution < -0.4 is 0 Å². The van der Waals surface area contributed by atoms with Crippen LogP contribution in [0.4, 0.5) is 0 Å². The van der Waals surface area contributed by atoms with Crippen LogP contribution in [0.25, 0.3) is 0 Å². The molecule has 0 heterocycles. The first-order valence-corrected chi connectivity index (χ1v) is 9.73. The summed E-state index contributed by atoms with van der Waals surface area (Å²) >= 11 is 0. The average molecular weight is 270 g/mol. The van der Waals surface area contributed by atoms with Crippen LogP contribution in [0.15, 0.2) is 24.2 Å². The Morgan fingerprint density at radius 2 is 1.83 bits per heavy atom. The van der Waals surface area contributed by atoms with Crippen LogP contribution >= 0.6 is 0 Å². The molecule has 0 atom stereocenters. The van der Waals surface area contributed by atoms with Gasteiger partial charge in [0.25, 0.3) is 0 Å². The molecule has 0 aromatic carbocycles. The van der Waals surface area contributed by atoms with Crippen LogP contribution in [0.3, 0.4) is 0 Å². The van der Waals surface area contributed by atoms with Crippen molar-refractivity contribution in [3.8, 4) is 0 Å². The zero-order valence-electron chi connectivity index (χ0n) is 13.2. The molecule has 0 aliphatic carbocycles. The topological polar surface area (TPSA) is 18.5 Å². The molecule has 0 aromatic rings. The van der Waals surface area contributed by atoms with E-state index >= 15 is 0 Å². The summed E-state index contributed by atoms with van der Waals surface area (Å²) in [6, 6.07) is 0. The Morgan fingerprint density at radius 1 is 1.22 bits per heavy atom. The van der Waals surface area contributed by atoms with Gasteiger partial charge in [0.1, 0.15) is 0 Å². The summed E-state index contributed by atoms with van der Waals surface area (Å²) in [6.07, 6.45) is 9.12. The van der Waals surface area contributed by atoms with Crippen molar-refractivity contribution in [1.82, 2.24) is 0 Å². The van der Waals surface area contributed by atoms with Crippen LogP contribution in [-0.2, 0) is 9.16 Å². The van der Waals surface area contributed by atoms with E-state index in [1.54, 1.807) is 7.11 Å². The highest BCUT2D eigenvalue weighted by atomic mass is 28.4. The summed E-state index contributed by atoms with van der Waals surface area (Å²) in [6.45, 7) is 13.4. The number of unbranched alkanes of at least 4 members (excludes halogenated alkanes) is 1. The minimum Gasteiger partial charge on any atom is -0.549 e. The highest BCUT2D eigenvalue weighted by molar-refractivity contribution is 6.74. The normalized spacial score (nSPS) is 14.1. The number of methoxy groups -OCH3 is 1. The van der Waals surface area contributed by atoms with E-state index < -0.39 is 8.32 Å². The predicted octanol–water partition coefficient (Wildman–Crippen LogP) is 5.24. The van der Waals surface area contributed by atoms with Crippen LogP contribution in [0, 0.1) is 0 Å². The standard InChI is InChI=1S/C15H30O2Si/c1-8-9-11-14(16-5)12-10-13-17-18(6,7)15(2,3)4/h10,12-13H,8-9,11H2,1-7H3/b13-10-,14-12-. The van der Waals surface area contributed by atoms with E-state index in [0.717, 1.165) is 18.6 Å². The molecule has 3 heteroatoms. The van der Waals surface area contributed by atoms with E-state index in [4.69, 9.17) is 9.16 Å². The molecule has 0 spiro atoms. The van der Waals surface area contributed by atoms with Crippen molar-refractivity contribution in [1.29, 1.82) is 0 Å². The van der Waals surface area contributed by atoms with Gasteiger partial charge in [-0.15, -0.1) is 0 Å². The molecule has 0 aliphatic heterocycles. The van der Waals surface area contributed by atoms with Crippen molar-refractivity contribution in [3.05, 3.63) is 24.2 Å². The van der Waals surface area contributed by atoms with Crippen LogP contribution in [-0.4, -0.2) is 15.4 Å². The quantitative estimate of drug-likeness (QED) is 0.358. The lowest BCUT2D eigenvalue weighted by molar-refractivity contribution is 0.274. The minimum atomic E-state index is -1.67. The van der Waals surface area contributed by atoms with Gasteiger partial charge < -0.3 is 9.16 Å². The lowest BCUT2D eigenvalue weighted by Gasteiger charge is -2.34. The second-order valence-electron chi connectivity index (χ2n) is 6.15. The molecule has 0 saturated heterocycles. The van der Waals surface area contributed by atoms with Gasteiger partial charge in [0, 0.05) is 6.42 Å². The van der Waals surface area contributed by atoms with E-state index in [9.17, 15) is 0 Å². The zero-order valence-corrected chi connectivity index (χ0v) is 14.2. The Kier molecular flexibility index (Phi) is 7.37. The van der Waals surface area contributed by atoms with Crippen molar-refractivity contribution in [2.75, 3.05) is 7.11 Å². The maximum absolute atomic E-state index is 5.95. The Hall–Kier alpha value is -0.703. The first-order valence-electron chi connectivity index (χ1n) is 6.82. The monoisotopic (exact) mass is 270 g/mol. The molecule has 0 fully saturated rings. The minimum absolute atomic E-state index is 0.243. The van der Waals surface area contributed by atoms with Crippen molar-refractivity contribution < 1.29 is 9.16 Å². The molecule has 2 nitrogen and oxygen atoms in total. The largest absolute Gasteiger partial charge is 0.549 e.